The van der Waals surface area contributed by atoms with Gasteiger partial charge in [-0.3, -0.25) is 0 Å². The van der Waals surface area contributed by atoms with Gasteiger partial charge in [-0.15, -0.1) is 12.4 Å². The molecule has 2 rings (SSSR count). The van der Waals surface area contributed by atoms with Crippen molar-refractivity contribution in [3.8, 4) is 0 Å². The lowest BCUT2D eigenvalue weighted by atomic mass is 9.67. The quantitative estimate of drug-likeness (QED) is 0.765. The van der Waals surface area contributed by atoms with Crippen molar-refractivity contribution < 1.29 is 4.52 Å². The fraction of sp³-hybridized carbons (Fsp3) is 0.625. The molecule has 2 N–H and O–H groups in total. The Morgan fingerprint density at radius 2 is 2.33 bits per heavy atom. The number of aromatic nitrogens is 1. The molecule has 0 amide bonds. The first-order valence-corrected chi connectivity index (χ1v) is 3.98. The number of hydrogen-bond donors (Lipinski definition) is 1. The second-order valence-corrected chi connectivity index (χ2v) is 3.22. The monoisotopic (exact) mass is 188 g/mol. The summed E-state index contributed by atoms with van der Waals surface area (Å²) in [7, 11) is 0. The average molecular weight is 189 g/mol. The molecule has 1 aliphatic rings. The van der Waals surface area contributed by atoms with Crippen LogP contribution in [0.15, 0.2) is 16.9 Å². The van der Waals surface area contributed by atoms with Gasteiger partial charge in [0.1, 0.15) is 6.26 Å². The summed E-state index contributed by atoms with van der Waals surface area (Å²) in [6, 6.07) is 1.92. The molecule has 1 aromatic heterocycles. The van der Waals surface area contributed by atoms with E-state index >= 15 is 0 Å². The van der Waals surface area contributed by atoms with Gasteiger partial charge in [-0.1, -0.05) is 11.6 Å². The van der Waals surface area contributed by atoms with Crippen LogP contribution in [0, 0.1) is 0 Å². The number of hydrogen-bond acceptors (Lipinski definition) is 3. The minimum atomic E-state index is 0. The molecule has 1 heterocycles. The van der Waals surface area contributed by atoms with E-state index in [1.807, 2.05) is 6.07 Å². The van der Waals surface area contributed by atoms with Gasteiger partial charge >= 0.3 is 0 Å². The van der Waals surface area contributed by atoms with Crippen LogP contribution in [-0.4, -0.2) is 11.7 Å². The van der Waals surface area contributed by atoms with E-state index in [1.54, 1.807) is 6.26 Å². The predicted octanol–water partition coefficient (Wildman–Crippen LogP) is 1.48. The van der Waals surface area contributed by atoms with Crippen molar-refractivity contribution >= 4 is 12.4 Å². The third-order valence-electron chi connectivity index (χ3n) is 2.68. The Morgan fingerprint density at radius 3 is 2.67 bits per heavy atom. The highest BCUT2D eigenvalue weighted by Crippen LogP contribution is 2.41. The SMILES string of the molecule is Cl.NCC1(c2ccon2)CCC1. The number of nitrogens with two attached hydrogens (primary N) is 1. The fourth-order valence-electron chi connectivity index (χ4n) is 1.65. The molecule has 0 bridgehead atoms. The van der Waals surface area contributed by atoms with Crippen molar-refractivity contribution in [1.82, 2.24) is 5.16 Å². The highest BCUT2D eigenvalue weighted by atomic mass is 35.5. The molecule has 1 saturated carbocycles. The van der Waals surface area contributed by atoms with E-state index < -0.39 is 0 Å². The molecule has 1 aromatic rings. The Balaban J connectivity index is 0.000000720. The Bertz CT molecular complexity index is 226. The van der Waals surface area contributed by atoms with Crippen LogP contribution in [0.3, 0.4) is 0 Å². The molecule has 0 unspecified atom stereocenters. The second-order valence-electron chi connectivity index (χ2n) is 3.22. The topological polar surface area (TPSA) is 52.0 Å². The summed E-state index contributed by atoms with van der Waals surface area (Å²) in [5, 5.41) is 3.93. The summed E-state index contributed by atoms with van der Waals surface area (Å²) in [6.45, 7) is 0.694. The van der Waals surface area contributed by atoms with Gasteiger partial charge < -0.3 is 10.3 Å². The van der Waals surface area contributed by atoms with Gasteiger partial charge in [-0.2, -0.15) is 0 Å². The molecule has 0 atom stereocenters. The van der Waals surface area contributed by atoms with Crippen LogP contribution in [0.5, 0.6) is 0 Å². The maximum Gasteiger partial charge on any atom is 0.124 e. The Hall–Kier alpha value is -0.540. The van der Waals surface area contributed by atoms with Crippen molar-refractivity contribution in [3.63, 3.8) is 0 Å². The molecular weight excluding hydrogens is 176 g/mol. The van der Waals surface area contributed by atoms with Crippen LogP contribution in [0.1, 0.15) is 25.0 Å². The van der Waals surface area contributed by atoms with E-state index in [9.17, 15) is 0 Å². The van der Waals surface area contributed by atoms with Crippen molar-refractivity contribution in [2.24, 2.45) is 5.73 Å². The molecule has 0 aromatic carbocycles. The lowest BCUT2D eigenvalue weighted by molar-refractivity contribution is 0.234. The van der Waals surface area contributed by atoms with E-state index in [-0.39, 0.29) is 17.8 Å². The Labute approximate surface area is 77.7 Å². The molecule has 0 radical (unpaired) electrons. The second kappa shape index (κ2) is 3.46. The van der Waals surface area contributed by atoms with Crippen LogP contribution in [-0.2, 0) is 5.41 Å². The van der Waals surface area contributed by atoms with Crippen molar-refractivity contribution in [2.45, 2.75) is 24.7 Å². The Morgan fingerprint density at radius 1 is 1.58 bits per heavy atom. The van der Waals surface area contributed by atoms with Gasteiger partial charge in [-0.25, -0.2) is 0 Å². The molecule has 0 saturated heterocycles. The first kappa shape index (κ1) is 9.55. The van der Waals surface area contributed by atoms with E-state index in [0.717, 1.165) is 18.5 Å². The molecule has 3 nitrogen and oxygen atoms in total. The first-order chi connectivity index (χ1) is 5.37. The van der Waals surface area contributed by atoms with Crippen LogP contribution in [0.2, 0.25) is 0 Å². The minimum Gasteiger partial charge on any atom is -0.364 e. The predicted molar refractivity (Wildman–Crippen MR) is 48.3 cm³/mol. The first-order valence-electron chi connectivity index (χ1n) is 3.98. The van der Waals surface area contributed by atoms with E-state index in [0.29, 0.717) is 6.54 Å². The highest BCUT2D eigenvalue weighted by molar-refractivity contribution is 5.85. The summed E-state index contributed by atoms with van der Waals surface area (Å²) in [5.41, 5.74) is 6.87. The molecule has 1 fully saturated rings. The van der Waals surface area contributed by atoms with E-state index in [1.165, 1.54) is 6.42 Å². The third kappa shape index (κ3) is 1.23. The summed E-state index contributed by atoms with van der Waals surface area (Å²) >= 11 is 0. The maximum atomic E-state index is 5.68. The molecule has 1 aliphatic carbocycles. The van der Waals surface area contributed by atoms with Crippen molar-refractivity contribution in [3.05, 3.63) is 18.0 Å². The number of halogens is 1. The zero-order valence-corrected chi connectivity index (χ0v) is 7.64. The van der Waals surface area contributed by atoms with E-state index in [2.05, 4.69) is 5.16 Å². The molecule has 4 heteroatoms. The van der Waals surface area contributed by atoms with Gasteiger partial charge in [0.05, 0.1) is 5.69 Å². The summed E-state index contributed by atoms with van der Waals surface area (Å²) < 4.78 is 4.79. The van der Waals surface area contributed by atoms with Gasteiger partial charge in [0.15, 0.2) is 0 Å². The lowest BCUT2D eigenvalue weighted by Crippen LogP contribution is -2.41. The normalized spacial score (nSPS) is 19.4. The van der Waals surface area contributed by atoms with Crippen molar-refractivity contribution in [2.75, 3.05) is 6.54 Å². The summed E-state index contributed by atoms with van der Waals surface area (Å²) in [6.07, 6.45) is 5.21. The van der Waals surface area contributed by atoms with E-state index in [4.69, 9.17) is 10.3 Å². The number of rotatable bonds is 2. The minimum absolute atomic E-state index is 0. The molecule has 12 heavy (non-hydrogen) atoms. The Kier molecular flexibility index (Phi) is 2.75. The van der Waals surface area contributed by atoms with Gasteiger partial charge in [-0.05, 0) is 12.8 Å². The highest BCUT2D eigenvalue weighted by Gasteiger charge is 2.39. The summed E-state index contributed by atoms with van der Waals surface area (Å²) in [5.74, 6) is 0. The summed E-state index contributed by atoms with van der Waals surface area (Å²) in [4.78, 5) is 0. The molecule has 0 aliphatic heterocycles. The van der Waals surface area contributed by atoms with Crippen LogP contribution in [0.4, 0.5) is 0 Å². The van der Waals surface area contributed by atoms with Crippen LogP contribution >= 0.6 is 12.4 Å². The molecular formula is C8H13ClN2O. The van der Waals surface area contributed by atoms with Gasteiger partial charge in [0.25, 0.3) is 0 Å². The van der Waals surface area contributed by atoms with Crippen LogP contribution < -0.4 is 5.73 Å². The smallest absolute Gasteiger partial charge is 0.124 e. The largest absolute Gasteiger partial charge is 0.364 e. The fourth-order valence-corrected chi connectivity index (χ4v) is 1.65. The molecule has 0 spiro atoms. The average Bonchev–Trinajstić information content (AvgIpc) is 2.39. The zero-order valence-electron chi connectivity index (χ0n) is 6.82. The zero-order chi connectivity index (χ0) is 7.73. The van der Waals surface area contributed by atoms with Gasteiger partial charge in [0.2, 0.25) is 0 Å². The van der Waals surface area contributed by atoms with Crippen molar-refractivity contribution in [1.29, 1.82) is 0 Å². The molecule has 68 valence electrons. The lowest BCUT2D eigenvalue weighted by Gasteiger charge is -2.38. The van der Waals surface area contributed by atoms with Gasteiger partial charge in [0, 0.05) is 18.0 Å². The third-order valence-corrected chi connectivity index (χ3v) is 2.68. The maximum absolute atomic E-state index is 5.68. The van der Waals surface area contributed by atoms with Crippen LogP contribution in [0.25, 0.3) is 0 Å². The standard InChI is InChI=1S/C8H12N2O.ClH/c9-6-8(3-1-4-8)7-2-5-11-10-7;/h2,5H,1,3-4,6,9H2;1H. The number of nitrogens with zero attached hydrogens (tertiary/aromatic N) is 1.